The molecule has 0 atom stereocenters. The van der Waals surface area contributed by atoms with Crippen LogP contribution in [0.5, 0.6) is 0 Å². The van der Waals surface area contributed by atoms with Crippen molar-refractivity contribution < 1.29 is 9.32 Å². The van der Waals surface area contributed by atoms with E-state index in [1.54, 1.807) is 10.9 Å². The van der Waals surface area contributed by atoms with E-state index >= 15 is 0 Å². The molecule has 0 unspecified atom stereocenters. The largest absolute Gasteiger partial charge is 0.365 e. The molecule has 0 aliphatic rings. The van der Waals surface area contributed by atoms with Crippen molar-refractivity contribution in [1.29, 1.82) is 0 Å². The fourth-order valence-corrected chi connectivity index (χ4v) is 2.78. The van der Waals surface area contributed by atoms with Crippen LogP contribution in [-0.4, -0.2) is 20.8 Å². The van der Waals surface area contributed by atoms with Gasteiger partial charge in [-0.05, 0) is 0 Å². The summed E-state index contributed by atoms with van der Waals surface area (Å²) in [4.78, 5) is 11.8. The van der Waals surface area contributed by atoms with Gasteiger partial charge < -0.3 is 10.3 Å². The molecule has 6 nitrogen and oxygen atoms in total. The van der Waals surface area contributed by atoms with Gasteiger partial charge in [-0.15, -0.1) is 0 Å². The number of hydrogen-bond acceptors (Lipinski definition) is 4. The van der Waals surface area contributed by atoms with Gasteiger partial charge in [0.25, 0.3) is 5.91 Å². The number of carbonyl (C=O) groups excluding carboxylic acids is 1. The van der Waals surface area contributed by atoms with Gasteiger partial charge in [-0.25, -0.2) is 0 Å². The fraction of sp³-hybridized carbons (Fsp3) is 0.0500. The van der Waals surface area contributed by atoms with Crippen LogP contribution in [0, 0.1) is 0 Å². The van der Waals surface area contributed by atoms with Crippen LogP contribution in [0.1, 0.15) is 16.1 Å². The van der Waals surface area contributed by atoms with E-state index in [9.17, 15) is 4.79 Å². The van der Waals surface area contributed by atoms with Gasteiger partial charge in [0.15, 0.2) is 5.76 Å². The van der Waals surface area contributed by atoms with Gasteiger partial charge >= 0.3 is 0 Å². The summed E-state index contributed by atoms with van der Waals surface area (Å²) in [6.45, 7) is 0.378. The zero-order valence-electron chi connectivity index (χ0n) is 13.9. The molecule has 0 aliphatic carbocycles. The number of nitrogens with two attached hydrogens (primary N) is 1. The Morgan fingerprint density at radius 2 is 1.65 bits per heavy atom. The number of carbonyl (C=O) groups is 1. The smallest absolute Gasteiger partial charge is 0.252 e. The second kappa shape index (κ2) is 6.68. The molecule has 0 saturated heterocycles. The van der Waals surface area contributed by atoms with Gasteiger partial charge in [0, 0.05) is 23.4 Å². The summed E-state index contributed by atoms with van der Waals surface area (Å²) < 4.78 is 7.06. The Morgan fingerprint density at radius 1 is 1.00 bits per heavy atom. The Bertz CT molecular complexity index is 1040. The molecule has 1 amide bonds. The molecular weight excluding hydrogens is 328 g/mol. The van der Waals surface area contributed by atoms with Crippen molar-refractivity contribution in [2.75, 3.05) is 0 Å². The lowest BCUT2D eigenvalue weighted by Gasteiger charge is -1.98. The number of amides is 1. The molecule has 6 heteroatoms. The van der Waals surface area contributed by atoms with Gasteiger partial charge in [0.05, 0.1) is 12.1 Å². The van der Waals surface area contributed by atoms with Crippen molar-refractivity contribution in [1.82, 2.24) is 14.9 Å². The predicted molar refractivity (Wildman–Crippen MR) is 97.2 cm³/mol. The second-order valence-corrected chi connectivity index (χ2v) is 5.87. The van der Waals surface area contributed by atoms with E-state index in [1.165, 1.54) is 0 Å². The summed E-state index contributed by atoms with van der Waals surface area (Å²) >= 11 is 0. The summed E-state index contributed by atoms with van der Waals surface area (Å²) in [5.41, 5.74) is 8.95. The second-order valence-electron chi connectivity index (χ2n) is 5.87. The number of nitrogens with zero attached hydrogens (tertiary/aromatic N) is 3. The molecule has 0 saturated carbocycles. The van der Waals surface area contributed by atoms with Gasteiger partial charge in [0.2, 0.25) is 0 Å². The molecule has 2 aromatic carbocycles. The van der Waals surface area contributed by atoms with E-state index in [2.05, 4.69) is 10.3 Å². The summed E-state index contributed by atoms with van der Waals surface area (Å²) in [6, 6.07) is 21.1. The molecule has 4 rings (SSSR count). The molecule has 4 aromatic rings. The van der Waals surface area contributed by atoms with E-state index in [0.29, 0.717) is 29.3 Å². The topological polar surface area (TPSA) is 86.9 Å². The summed E-state index contributed by atoms with van der Waals surface area (Å²) in [5, 5.41) is 8.61. The van der Waals surface area contributed by atoms with Crippen LogP contribution in [-0.2, 0) is 6.54 Å². The zero-order chi connectivity index (χ0) is 17.9. The van der Waals surface area contributed by atoms with Crippen LogP contribution in [0.2, 0.25) is 0 Å². The maximum atomic E-state index is 11.8. The van der Waals surface area contributed by atoms with Gasteiger partial charge in [0.1, 0.15) is 11.4 Å². The van der Waals surface area contributed by atoms with Gasteiger partial charge in [-0.2, -0.15) is 5.10 Å². The molecule has 0 spiro atoms. The average molecular weight is 344 g/mol. The Morgan fingerprint density at radius 3 is 2.31 bits per heavy atom. The first kappa shape index (κ1) is 15.8. The van der Waals surface area contributed by atoms with Gasteiger partial charge in [-0.3, -0.25) is 9.48 Å². The van der Waals surface area contributed by atoms with Crippen LogP contribution in [0.15, 0.2) is 77.4 Å². The lowest BCUT2D eigenvalue weighted by atomic mass is 10.1. The third-order valence-electron chi connectivity index (χ3n) is 4.02. The first-order valence-electron chi connectivity index (χ1n) is 8.14. The number of aromatic nitrogens is 3. The predicted octanol–water partition coefficient (Wildman–Crippen LogP) is 3.35. The molecule has 128 valence electrons. The molecule has 2 aromatic heterocycles. The third kappa shape index (κ3) is 3.12. The molecule has 0 bridgehead atoms. The first-order valence-corrected chi connectivity index (χ1v) is 8.14. The number of rotatable bonds is 5. The van der Waals surface area contributed by atoms with Crippen LogP contribution < -0.4 is 5.73 Å². The number of hydrogen-bond donors (Lipinski definition) is 1. The lowest BCUT2D eigenvalue weighted by Crippen LogP contribution is -2.11. The monoisotopic (exact) mass is 344 g/mol. The number of benzene rings is 2. The molecule has 2 N–H and O–H groups in total. The van der Waals surface area contributed by atoms with E-state index < -0.39 is 5.91 Å². The molecule has 0 aliphatic heterocycles. The Hall–Kier alpha value is -3.67. The maximum absolute atomic E-state index is 11.8. The normalized spacial score (nSPS) is 10.8. The minimum atomic E-state index is -0.514. The summed E-state index contributed by atoms with van der Waals surface area (Å²) in [6.07, 6.45) is 1.64. The Labute approximate surface area is 149 Å². The van der Waals surface area contributed by atoms with Crippen LogP contribution in [0.3, 0.4) is 0 Å². The standard InChI is InChI=1S/C20H16N4O2/c21-20(25)17-13-24(22-19(17)15-9-5-2-6-10-15)12-16-11-18(26-23-16)14-7-3-1-4-8-14/h1-11,13H,12H2,(H2,21,25). The van der Waals surface area contributed by atoms with Crippen molar-refractivity contribution >= 4 is 5.91 Å². The summed E-state index contributed by atoms with van der Waals surface area (Å²) in [5.74, 6) is 0.173. The SMILES string of the molecule is NC(=O)c1cn(Cc2cc(-c3ccccc3)on2)nc1-c1ccccc1. The van der Waals surface area contributed by atoms with Crippen LogP contribution >= 0.6 is 0 Å². The van der Waals surface area contributed by atoms with E-state index in [4.69, 9.17) is 10.3 Å². The van der Waals surface area contributed by atoms with Gasteiger partial charge in [-0.1, -0.05) is 65.8 Å². The zero-order valence-corrected chi connectivity index (χ0v) is 13.9. The van der Waals surface area contributed by atoms with Crippen LogP contribution in [0.25, 0.3) is 22.6 Å². The van der Waals surface area contributed by atoms with E-state index in [1.807, 2.05) is 66.7 Å². The van der Waals surface area contributed by atoms with Crippen molar-refractivity contribution in [3.05, 3.63) is 84.2 Å². The molecular formula is C20H16N4O2. The van der Waals surface area contributed by atoms with Crippen molar-refractivity contribution in [2.24, 2.45) is 5.73 Å². The quantitative estimate of drug-likeness (QED) is 0.601. The fourth-order valence-electron chi connectivity index (χ4n) is 2.78. The molecule has 2 heterocycles. The highest BCUT2D eigenvalue weighted by atomic mass is 16.5. The first-order chi connectivity index (χ1) is 12.7. The molecule has 26 heavy (non-hydrogen) atoms. The minimum absolute atomic E-state index is 0.378. The third-order valence-corrected chi connectivity index (χ3v) is 4.02. The number of primary amides is 1. The highest BCUT2D eigenvalue weighted by Crippen LogP contribution is 2.23. The molecule has 0 fully saturated rings. The summed E-state index contributed by atoms with van der Waals surface area (Å²) in [7, 11) is 0. The van der Waals surface area contributed by atoms with E-state index in [-0.39, 0.29) is 0 Å². The van der Waals surface area contributed by atoms with E-state index in [0.717, 1.165) is 11.1 Å². The highest BCUT2D eigenvalue weighted by molar-refractivity contribution is 5.98. The maximum Gasteiger partial charge on any atom is 0.252 e. The Kier molecular flexibility index (Phi) is 4.07. The minimum Gasteiger partial charge on any atom is -0.365 e. The van der Waals surface area contributed by atoms with Crippen molar-refractivity contribution in [3.63, 3.8) is 0 Å². The molecule has 0 radical (unpaired) electrons. The highest BCUT2D eigenvalue weighted by Gasteiger charge is 2.16. The van der Waals surface area contributed by atoms with Crippen LogP contribution in [0.4, 0.5) is 0 Å². The van der Waals surface area contributed by atoms with Crippen molar-refractivity contribution in [3.8, 4) is 22.6 Å². The average Bonchev–Trinajstić information content (AvgIpc) is 3.31. The Balaban J connectivity index is 1.63. The van der Waals surface area contributed by atoms with Crippen molar-refractivity contribution in [2.45, 2.75) is 6.54 Å². The lowest BCUT2D eigenvalue weighted by molar-refractivity contribution is 0.100.